The third-order valence-corrected chi connectivity index (χ3v) is 4.05. The SMILES string of the molecule is Cc1cc(C)c2c(c1O)/C(=N/NC(=O)c1ccccc1)CC2. The van der Waals surface area contributed by atoms with Crippen molar-refractivity contribution in [1.82, 2.24) is 5.43 Å². The molecule has 0 aromatic heterocycles. The van der Waals surface area contributed by atoms with E-state index in [4.69, 9.17) is 0 Å². The zero-order valence-corrected chi connectivity index (χ0v) is 12.7. The van der Waals surface area contributed by atoms with E-state index in [2.05, 4.69) is 10.5 Å². The maximum Gasteiger partial charge on any atom is 0.271 e. The van der Waals surface area contributed by atoms with Crippen LogP contribution < -0.4 is 5.43 Å². The van der Waals surface area contributed by atoms with E-state index < -0.39 is 0 Å². The molecule has 2 N–H and O–H groups in total. The molecule has 2 aromatic rings. The van der Waals surface area contributed by atoms with Crippen LogP contribution >= 0.6 is 0 Å². The molecule has 0 radical (unpaired) electrons. The van der Waals surface area contributed by atoms with Crippen LogP contribution in [0.15, 0.2) is 41.5 Å². The highest BCUT2D eigenvalue weighted by molar-refractivity contribution is 6.08. The predicted molar refractivity (Wildman–Crippen MR) is 86.3 cm³/mol. The van der Waals surface area contributed by atoms with Gasteiger partial charge in [-0.05, 0) is 55.5 Å². The highest BCUT2D eigenvalue weighted by Gasteiger charge is 2.25. The summed E-state index contributed by atoms with van der Waals surface area (Å²) >= 11 is 0. The molecular formula is C18H18N2O2. The number of nitrogens with one attached hydrogen (secondary N) is 1. The van der Waals surface area contributed by atoms with Gasteiger partial charge < -0.3 is 5.11 Å². The van der Waals surface area contributed by atoms with E-state index in [-0.39, 0.29) is 11.7 Å². The number of carbonyl (C=O) groups is 1. The van der Waals surface area contributed by atoms with Crippen LogP contribution in [0.1, 0.15) is 39.0 Å². The molecule has 0 atom stereocenters. The van der Waals surface area contributed by atoms with Gasteiger partial charge in [0, 0.05) is 11.1 Å². The lowest BCUT2D eigenvalue weighted by Crippen LogP contribution is -2.19. The van der Waals surface area contributed by atoms with Crippen molar-refractivity contribution in [2.24, 2.45) is 5.10 Å². The Kier molecular flexibility index (Phi) is 3.67. The molecule has 0 spiro atoms. The number of amides is 1. The molecule has 0 saturated carbocycles. The Morgan fingerprint density at radius 3 is 2.59 bits per heavy atom. The van der Waals surface area contributed by atoms with Gasteiger partial charge in [0.1, 0.15) is 5.75 Å². The molecule has 4 nitrogen and oxygen atoms in total. The number of aryl methyl sites for hydroxylation is 2. The van der Waals surface area contributed by atoms with Crippen molar-refractivity contribution >= 4 is 11.6 Å². The molecule has 112 valence electrons. The lowest BCUT2D eigenvalue weighted by Gasteiger charge is -2.10. The van der Waals surface area contributed by atoms with Crippen LogP contribution in [0.25, 0.3) is 0 Å². The van der Waals surface area contributed by atoms with Crippen molar-refractivity contribution in [3.8, 4) is 5.75 Å². The minimum atomic E-state index is -0.245. The van der Waals surface area contributed by atoms with Crippen molar-refractivity contribution in [2.45, 2.75) is 26.7 Å². The molecule has 0 bridgehead atoms. The van der Waals surface area contributed by atoms with Crippen LogP contribution in [0.2, 0.25) is 0 Å². The van der Waals surface area contributed by atoms with Crippen molar-refractivity contribution in [1.29, 1.82) is 0 Å². The minimum Gasteiger partial charge on any atom is -0.507 e. The van der Waals surface area contributed by atoms with E-state index in [1.165, 1.54) is 0 Å². The highest BCUT2D eigenvalue weighted by atomic mass is 16.3. The van der Waals surface area contributed by atoms with Crippen LogP contribution in [0.3, 0.4) is 0 Å². The second-order valence-electron chi connectivity index (χ2n) is 5.58. The largest absolute Gasteiger partial charge is 0.507 e. The number of aromatic hydroxyl groups is 1. The Hall–Kier alpha value is -2.62. The van der Waals surface area contributed by atoms with E-state index in [1.807, 2.05) is 38.1 Å². The number of hydrazone groups is 1. The number of phenols is 1. The molecular weight excluding hydrogens is 276 g/mol. The first-order chi connectivity index (χ1) is 10.6. The summed E-state index contributed by atoms with van der Waals surface area (Å²) in [7, 11) is 0. The van der Waals surface area contributed by atoms with E-state index >= 15 is 0 Å². The first-order valence-electron chi connectivity index (χ1n) is 7.32. The number of phenolic OH excluding ortho intramolecular Hbond substituents is 1. The predicted octanol–water partition coefficient (Wildman–Crippen LogP) is 3.09. The van der Waals surface area contributed by atoms with Crippen LogP contribution in [0, 0.1) is 13.8 Å². The van der Waals surface area contributed by atoms with E-state index in [1.54, 1.807) is 12.1 Å². The summed E-state index contributed by atoms with van der Waals surface area (Å²) in [6, 6.07) is 10.9. The quantitative estimate of drug-likeness (QED) is 0.836. The number of fused-ring (bicyclic) bond motifs is 1. The summed E-state index contributed by atoms with van der Waals surface area (Å²) in [5.74, 6) is 0.0243. The van der Waals surface area contributed by atoms with Gasteiger partial charge in [-0.15, -0.1) is 0 Å². The molecule has 0 unspecified atom stereocenters. The Morgan fingerprint density at radius 2 is 1.86 bits per heavy atom. The third-order valence-electron chi connectivity index (χ3n) is 4.05. The number of rotatable bonds is 2. The molecule has 0 fully saturated rings. The lowest BCUT2D eigenvalue weighted by molar-refractivity contribution is 0.0955. The Morgan fingerprint density at radius 1 is 1.14 bits per heavy atom. The fourth-order valence-electron chi connectivity index (χ4n) is 2.90. The average molecular weight is 294 g/mol. The fraction of sp³-hybridized carbons (Fsp3) is 0.222. The van der Waals surface area contributed by atoms with Gasteiger partial charge in [0.25, 0.3) is 5.91 Å². The summed E-state index contributed by atoms with van der Waals surface area (Å²) in [6.07, 6.45) is 1.57. The Labute approximate surface area is 129 Å². The number of benzene rings is 2. The molecule has 1 aliphatic rings. The summed E-state index contributed by atoms with van der Waals surface area (Å²) in [6.45, 7) is 3.91. The smallest absolute Gasteiger partial charge is 0.271 e. The number of carbonyl (C=O) groups excluding carboxylic acids is 1. The molecule has 3 rings (SSSR count). The highest BCUT2D eigenvalue weighted by Crippen LogP contribution is 2.35. The molecule has 0 aliphatic heterocycles. The molecule has 0 heterocycles. The lowest BCUT2D eigenvalue weighted by atomic mass is 9.99. The Bertz CT molecular complexity index is 764. The molecule has 2 aromatic carbocycles. The van der Waals surface area contributed by atoms with Crippen molar-refractivity contribution in [3.63, 3.8) is 0 Å². The monoisotopic (exact) mass is 294 g/mol. The topological polar surface area (TPSA) is 61.7 Å². The van der Waals surface area contributed by atoms with Crippen LogP contribution in [0.5, 0.6) is 5.75 Å². The second kappa shape index (κ2) is 5.64. The standard InChI is InChI=1S/C18H18N2O2/c1-11-10-12(2)17(21)16-14(11)8-9-15(16)19-20-18(22)13-6-4-3-5-7-13/h3-7,10,21H,8-9H2,1-2H3,(H,20,22)/b19-15+. The van der Waals surface area contributed by atoms with Crippen LogP contribution in [-0.2, 0) is 6.42 Å². The number of nitrogens with zero attached hydrogens (tertiary/aromatic N) is 1. The maximum atomic E-state index is 12.1. The minimum absolute atomic E-state index is 0.245. The number of hydrogen-bond acceptors (Lipinski definition) is 3. The first-order valence-corrected chi connectivity index (χ1v) is 7.32. The van der Waals surface area contributed by atoms with E-state index in [0.717, 1.165) is 40.8 Å². The zero-order valence-electron chi connectivity index (χ0n) is 12.7. The van der Waals surface area contributed by atoms with Gasteiger partial charge in [0.2, 0.25) is 0 Å². The first kappa shape index (κ1) is 14.3. The summed E-state index contributed by atoms with van der Waals surface area (Å²) in [4.78, 5) is 12.1. The molecule has 1 aliphatic carbocycles. The van der Waals surface area contributed by atoms with Crippen LogP contribution in [-0.4, -0.2) is 16.7 Å². The molecule has 22 heavy (non-hydrogen) atoms. The third kappa shape index (κ3) is 2.48. The van der Waals surface area contributed by atoms with Gasteiger partial charge >= 0.3 is 0 Å². The zero-order chi connectivity index (χ0) is 15.7. The fourth-order valence-corrected chi connectivity index (χ4v) is 2.90. The molecule has 1 amide bonds. The van der Waals surface area contributed by atoms with Crippen molar-refractivity contribution in [2.75, 3.05) is 0 Å². The normalized spacial score (nSPS) is 14.9. The molecule has 4 heteroatoms. The maximum absolute atomic E-state index is 12.1. The molecule has 0 saturated heterocycles. The second-order valence-corrected chi connectivity index (χ2v) is 5.58. The van der Waals surface area contributed by atoms with Crippen LogP contribution in [0.4, 0.5) is 0 Å². The van der Waals surface area contributed by atoms with Crippen molar-refractivity contribution in [3.05, 3.63) is 64.2 Å². The summed E-state index contributed by atoms with van der Waals surface area (Å²) < 4.78 is 0. The summed E-state index contributed by atoms with van der Waals surface area (Å²) in [5, 5.41) is 14.5. The van der Waals surface area contributed by atoms with Gasteiger partial charge in [-0.2, -0.15) is 5.10 Å². The summed E-state index contributed by atoms with van der Waals surface area (Å²) in [5.41, 5.74) is 7.79. The number of hydrogen-bond donors (Lipinski definition) is 2. The van der Waals surface area contributed by atoms with E-state index in [0.29, 0.717) is 5.56 Å². The van der Waals surface area contributed by atoms with Gasteiger partial charge in [0.05, 0.1) is 5.71 Å². The van der Waals surface area contributed by atoms with Gasteiger partial charge in [0.15, 0.2) is 0 Å². The van der Waals surface area contributed by atoms with Gasteiger partial charge in [-0.25, -0.2) is 5.43 Å². The van der Waals surface area contributed by atoms with Crippen molar-refractivity contribution < 1.29 is 9.90 Å². The van der Waals surface area contributed by atoms with Gasteiger partial charge in [-0.1, -0.05) is 24.3 Å². The van der Waals surface area contributed by atoms with Gasteiger partial charge in [-0.3, -0.25) is 4.79 Å². The van der Waals surface area contributed by atoms with E-state index in [9.17, 15) is 9.90 Å². The average Bonchev–Trinajstić information content (AvgIpc) is 2.96. The Balaban J connectivity index is 1.89.